The Bertz CT molecular complexity index is 921. The molecule has 1 saturated heterocycles. The van der Waals surface area contributed by atoms with Gasteiger partial charge in [0.15, 0.2) is 0 Å². The van der Waals surface area contributed by atoms with Crippen molar-refractivity contribution in [1.82, 2.24) is 20.1 Å². The number of carbonyl (C=O) groups excluding carboxylic acids is 1. The van der Waals surface area contributed by atoms with E-state index >= 15 is 0 Å². The van der Waals surface area contributed by atoms with Gasteiger partial charge in [0.1, 0.15) is 0 Å². The van der Waals surface area contributed by atoms with E-state index < -0.39 is 11.7 Å². The van der Waals surface area contributed by atoms with E-state index in [1.165, 1.54) is 12.1 Å². The van der Waals surface area contributed by atoms with Crippen molar-refractivity contribution in [3.05, 3.63) is 64.5 Å². The highest BCUT2D eigenvalue weighted by atomic mass is 19.4. The molecule has 1 fully saturated rings. The average Bonchev–Trinajstić information content (AvgIpc) is 3.14. The van der Waals surface area contributed by atoms with Crippen LogP contribution in [0.5, 0.6) is 0 Å². The number of nitrogens with one attached hydrogen (secondary N) is 1. The largest absolute Gasteiger partial charge is 0.416 e. The van der Waals surface area contributed by atoms with E-state index in [-0.39, 0.29) is 5.91 Å². The summed E-state index contributed by atoms with van der Waals surface area (Å²) in [7, 11) is 2.12. The Hall–Kier alpha value is -2.45. The average molecular weight is 432 g/mol. The molecule has 166 valence electrons. The minimum atomic E-state index is -4.32. The number of halogens is 3. The van der Waals surface area contributed by atoms with Crippen molar-refractivity contribution in [3.8, 4) is 0 Å². The summed E-state index contributed by atoms with van der Waals surface area (Å²) in [6.07, 6.45) is -0.517. The number of pyridine rings is 1. The first-order valence-electron chi connectivity index (χ1n) is 10.6. The van der Waals surface area contributed by atoms with Gasteiger partial charge in [-0.2, -0.15) is 13.2 Å². The lowest BCUT2D eigenvalue weighted by Gasteiger charge is -2.28. The highest BCUT2D eigenvalue weighted by Crippen LogP contribution is 2.30. The SMILES string of the molecule is CN1CCC(CNC(=O)c2cnc3c(c2)CN(Cc2ccc(C(F)(F)F)cc2)C3)CC1. The van der Waals surface area contributed by atoms with E-state index in [1.807, 2.05) is 6.07 Å². The van der Waals surface area contributed by atoms with Gasteiger partial charge < -0.3 is 10.2 Å². The Morgan fingerprint density at radius 3 is 2.55 bits per heavy atom. The molecule has 0 unspecified atom stereocenters. The number of hydrogen-bond acceptors (Lipinski definition) is 4. The van der Waals surface area contributed by atoms with E-state index in [9.17, 15) is 18.0 Å². The molecular weight excluding hydrogens is 405 g/mol. The number of rotatable bonds is 5. The quantitative estimate of drug-likeness (QED) is 0.783. The minimum Gasteiger partial charge on any atom is -0.352 e. The molecule has 0 spiro atoms. The maximum atomic E-state index is 12.7. The fraction of sp³-hybridized carbons (Fsp3) is 0.478. The second-order valence-electron chi connectivity index (χ2n) is 8.63. The zero-order valence-corrected chi connectivity index (χ0v) is 17.6. The highest BCUT2D eigenvalue weighted by molar-refractivity contribution is 5.94. The van der Waals surface area contributed by atoms with Gasteiger partial charge in [0.25, 0.3) is 5.91 Å². The topological polar surface area (TPSA) is 48.5 Å². The fourth-order valence-corrected chi connectivity index (χ4v) is 4.23. The number of alkyl halides is 3. The Morgan fingerprint density at radius 1 is 1.16 bits per heavy atom. The number of carbonyl (C=O) groups is 1. The van der Waals surface area contributed by atoms with Crippen LogP contribution in [-0.2, 0) is 25.8 Å². The van der Waals surface area contributed by atoms with Crippen LogP contribution >= 0.6 is 0 Å². The molecule has 2 aromatic rings. The van der Waals surface area contributed by atoms with Crippen LogP contribution in [-0.4, -0.2) is 47.4 Å². The van der Waals surface area contributed by atoms with Gasteiger partial charge >= 0.3 is 6.18 Å². The molecule has 4 rings (SSSR count). The van der Waals surface area contributed by atoms with Crippen LogP contribution < -0.4 is 5.32 Å². The fourth-order valence-electron chi connectivity index (χ4n) is 4.23. The molecule has 0 aliphatic carbocycles. The predicted molar refractivity (Wildman–Crippen MR) is 111 cm³/mol. The van der Waals surface area contributed by atoms with E-state index in [0.717, 1.165) is 54.9 Å². The van der Waals surface area contributed by atoms with E-state index in [0.29, 0.717) is 37.7 Å². The summed E-state index contributed by atoms with van der Waals surface area (Å²) >= 11 is 0. The smallest absolute Gasteiger partial charge is 0.352 e. The van der Waals surface area contributed by atoms with Crippen molar-refractivity contribution in [2.24, 2.45) is 5.92 Å². The maximum Gasteiger partial charge on any atom is 0.416 e. The second kappa shape index (κ2) is 8.96. The second-order valence-corrected chi connectivity index (χ2v) is 8.63. The van der Waals surface area contributed by atoms with Crippen molar-refractivity contribution in [2.75, 3.05) is 26.7 Å². The number of amides is 1. The third-order valence-corrected chi connectivity index (χ3v) is 6.17. The Morgan fingerprint density at radius 2 is 1.87 bits per heavy atom. The van der Waals surface area contributed by atoms with Gasteiger partial charge in [0, 0.05) is 32.4 Å². The molecule has 1 amide bonds. The van der Waals surface area contributed by atoms with Crippen molar-refractivity contribution in [1.29, 1.82) is 0 Å². The zero-order valence-electron chi connectivity index (χ0n) is 17.6. The summed E-state index contributed by atoms with van der Waals surface area (Å²) in [5, 5.41) is 3.04. The summed E-state index contributed by atoms with van der Waals surface area (Å²) < 4.78 is 38.2. The number of nitrogens with zero attached hydrogens (tertiary/aromatic N) is 3. The third-order valence-electron chi connectivity index (χ3n) is 6.17. The van der Waals surface area contributed by atoms with Crippen LogP contribution in [0, 0.1) is 5.92 Å². The number of benzene rings is 1. The summed E-state index contributed by atoms with van der Waals surface area (Å²) in [5.74, 6) is 0.414. The van der Waals surface area contributed by atoms with E-state index in [4.69, 9.17) is 0 Å². The number of hydrogen-bond donors (Lipinski definition) is 1. The van der Waals surface area contributed by atoms with Crippen molar-refractivity contribution in [2.45, 2.75) is 38.7 Å². The van der Waals surface area contributed by atoms with Crippen LogP contribution in [0.15, 0.2) is 36.5 Å². The molecule has 3 heterocycles. The molecule has 0 bridgehead atoms. The molecule has 2 aliphatic heterocycles. The van der Waals surface area contributed by atoms with E-state index in [1.54, 1.807) is 6.20 Å². The van der Waals surface area contributed by atoms with Crippen molar-refractivity contribution < 1.29 is 18.0 Å². The predicted octanol–water partition coefficient (Wildman–Crippen LogP) is 3.69. The molecular formula is C23H27F3N4O. The lowest BCUT2D eigenvalue weighted by Crippen LogP contribution is -2.36. The standard InChI is InChI=1S/C23H27F3N4O/c1-29-8-6-16(7-9-29)11-28-22(31)18-10-19-14-30(15-21(19)27-12-18)13-17-2-4-20(5-3-17)23(24,25)26/h2-5,10,12,16H,6-9,11,13-15H2,1H3,(H,28,31). The van der Waals surface area contributed by atoms with Gasteiger partial charge in [-0.15, -0.1) is 0 Å². The summed E-state index contributed by atoms with van der Waals surface area (Å²) in [5.41, 5.74) is 2.65. The molecule has 2 aliphatic rings. The highest BCUT2D eigenvalue weighted by Gasteiger charge is 2.30. The molecule has 1 N–H and O–H groups in total. The van der Waals surface area contributed by atoms with Crippen LogP contribution in [0.25, 0.3) is 0 Å². The van der Waals surface area contributed by atoms with Crippen LogP contribution in [0.4, 0.5) is 13.2 Å². The van der Waals surface area contributed by atoms with E-state index in [2.05, 4.69) is 27.1 Å². The number of piperidine rings is 1. The van der Waals surface area contributed by atoms with Gasteiger partial charge in [-0.1, -0.05) is 12.1 Å². The molecule has 0 saturated carbocycles. The molecule has 31 heavy (non-hydrogen) atoms. The van der Waals surface area contributed by atoms with Gasteiger partial charge in [-0.25, -0.2) is 0 Å². The minimum absolute atomic E-state index is 0.101. The van der Waals surface area contributed by atoms with Crippen molar-refractivity contribution >= 4 is 5.91 Å². The molecule has 0 radical (unpaired) electrons. The first-order valence-corrected chi connectivity index (χ1v) is 10.6. The zero-order chi connectivity index (χ0) is 22.0. The van der Waals surface area contributed by atoms with Crippen LogP contribution in [0.1, 0.15) is 45.6 Å². The van der Waals surface area contributed by atoms with Gasteiger partial charge in [0.05, 0.1) is 16.8 Å². The first kappa shape index (κ1) is 21.8. The van der Waals surface area contributed by atoms with Crippen LogP contribution in [0.3, 0.4) is 0 Å². The maximum absolute atomic E-state index is 12.7. The summed E-state index contributed by atoms with van der Waals surface area (Å²) in [6, 6.07) is 7.15. The Labute approximate surface area is 180 Å². The summed E-state index contributed by atoms with van der Waals surface area (Å²) in [6.45, 7) is 4.59. The molecule has 1 aromatic heterocycles. The van der Waals surface area contributed by atoms with Gasteiger partial charge in [-0.05, 0) is 68.2 Å². The monoisotopic (exact) mass is 432 g/mol. The molecule has 0 atom stereocenters. The Kier molecular flexibility index (Phi) is 6.29. The lowest BCUT2D eigenvalue weighted by atomic mass is 9.97. The molecule has 5 nitrogen and oxygen atoms in total. The molecule has 8 heteroatoms. The summed E-state index contributed by atoms with van der Waals surface area (Å²) in [4.78, 5) is 21.5. The van der Waals surface area contributed by atoms with Gasteiger partial charge in [-0.3, -0.25) is 14.7 Å². The van der Waals surface area contributed by atoms with Gasteiger partial charge in [0.2, 0.25) is 0 Å². The Balaban J connectivity index is 1.32. The first-order chi connectivity index (χ1) is 14.8. The third kappa shape index (κ3) is 5.43. The number of likely N-dealkylation sites (tertiary alicyclic amines) is 1. The lowest BCUT2D eigenvalue weighted by molar-refractivity contribution is -0.137. The molecule has 1 aromatic carbocycles. The number of fused-ring (bicyclic) bond motifs is 1. The van der Waals surface area contributed by atoms with Crippen molar-refractivity contribution in [3.63, 3.8) is 0 Å². The number of aromatic nitrogens is 1. The normalized spacial score (nSPS) is 18.2. The van der Waals surface area contributed by atoms with Crippen LogP contribution in [0.2, 0.25) is 0 Å².